The summed E-state index contributed by atoms with van der Waals surface area (Å²) in [6.45, 7) is 7.31. The van der Waals surface area contributed by atoms with E-state index in [0.29, 0.717) is 44.6 Å². The Hall–Kier alpha value is -3.76. The average Bonchev–Trinajstić information content (AvgIpc) is 3.68. The van der Waals surface area contributed by atoms with Crippen LogP contribution in [0.3, 0.4) is 0 Å². The minimum Gasteiger partial charge on any atom is -0.446 e. The Labute approximate surface area is 291 Å². The topological polar surface area (TPSA) is 89.6 Å². The van der Waals surface area contributed by atoms with Crippen molar-refractivity contribution < 1.29 is 28.5 Å². The van der Waals surface area contributed by atoms with Crippen molar-refractivity contribution in [3.05, 3.63) is 90.0 Å². The number of likely N-dealkylation sites (tertiary alicyclic amines) is 1. The summed E-state index contributed by atoms with van der Waals surface area (Å²) in [5, 5.41) is 2.99. The summed E-state index contributed by atoms with van der Waals surface area (Å²) in [6, 6.07) is 26.7. The van der Waals surface area contributed by atoms with Gasteiger partial charge < -0.3 is 28.7 Å². The number of fused-ring (bicyclic) bond motifs is 1. The Morgan fingerprint density at radius 2 is 1.51 bits per heavy atom. The van der Waals surface area contributed by atoms with Crippen molar-refractivity contribution in [2.24, 2.45) is 11.8 Å². The van der Waals surface area contributed by atoms with Gasteiger partial charge in [0.05, 0.1) is 31.9 Å². The minimum absolute atomic E-state index is 0.0293. The van der Waals surface area contributed by atoms with Crippen molar-refractivity contribution in [1.82, 2.24) is 9.80 Å². The molecule has 2 amide bonds. The highest BCUT2D eigenvalue weighted by Crippen LogP contribution is 2.39. The normalized spacial score (nSPS) is 18.8. The first-order valence-electron chi connectivity index (χ1n) is 17.8. The Morgan fingerprint density at radius 1 is 0.857 bits per heavy atom. The molecule has 1 heterocycles. The number of carbonyl (C=O) groups excluding carboxylic acids is 2. The standard InChI is InChI=1S/C40H53N3O6/c1-4-21-43(29-39(46-2)47-3)38(44)20-24-48-23-19-31-16-14-30(15-17-31)18-22-42-27-33-25-35(26-34(33)28-42)49-40(45)41-37-13-9-8-12-36(37)32-10-6-5-7-11-32/h5-17,33-35,39H,4,18-29H2,1-3H3,(H,41,45). The lowest BCUT2D eigenvalue weighted by atomic mass is 10.0. The number of rotatable bonds is 18. The number of methoxy groups -OCH3 is 2. The fourth-order valence-corrected chi connectivity index (χ4v) is 7.16. The lowest BCUT2D eigenvalue weighted by Gasteiger charge is -2.26. The number of para-hydroxylation sites is 1. The third-order valence-corrected chi connectivity index (χ3v) is 9.78. The monoisotopic (exact) mass is 671 g/mol. The molecule has 1 N–H and O–H groups in total. The van der Waals surface area contributed by atoms with E-state index in [1.165, 1.54) is 11.1 Å². The lowest BCUT2D eigenvalue weighted by Crippen LogP contribution is -2.39. The molecule has 2 unspecified atom stereocenters. The first-order chi connectivity index (χ1) is 23.9. The van der Waals surface area contributed by atoms with Crippen LogP contribution >= 0.6 is 0 Å². The Balaban J connectivity index is 0.960. The van der Waals surface area contributed by atoms with E-state index in [0.717, 1.165) is 68.6 Å². The molecular weight excluding hydrogens is 618 g/mol. The molecule has 1 aliphatic carbocycles. The molecule has 2 atom stereocenters. The van der Waals surface area contributed by atoms with E-state index >= 15 is 0 Å². The molecule has 9 heteroatoms. The molecule has 2 aliphatic rings. The molecule has 1 saturated carbocycles. The second kappa shape index (κ2) is 18.9. The molecule has 3 aromatic rings. The van der Waals surface area contributed by atoms with E-state index in [1.54, 1.807) is 19.1 Å². The predicted octanol–water partition coefficient (Wildman–Crippen LogP) is 6.66. The first kappa shape index (κ1) is 36.5. The van der Waals surface area contributed by atoms with E-state index in [-0.39, 0.29) is 18.1 Å². The van der Waals surface area contributed by atoms with Crippen LogP contribution in [0, 0.1) is 11.8 Å². The second-order valence-electron chi connectivity index (χ2n) is 13.2. The van der Waals surface area contributed by atoms with E-state index in [9.17, 15) is 9.59 Å². The number of nitrogens with one attached hydrogen (secondary N) is 1. The molecule has 0 radical (unpaired) electrons. The number of nitrogens with zero attached hydrogens (tertiary/aromatic N) is 2. The first-order valence-corrected chi connectivity index (χ1v) is 17.8. The van der Waals surface area contributed by atoms with Crippen molar-refractivity contribution in [3.8, 4) is 11.1 Å². The summed E-state index contributed by atoms with van der Waals surface area (Å²) in [5.41, 5.74) is 5.38. The summed E-state index contributed by atoms with van der Waals surface area (Å²) in [5.74, 6) is 1.22. The Kier molecular flexibility index (Phi) is 14.0. The zero-order valence-corrected chi connectivity index (χ0v) is 29.4. The van der Waals surface area contributed by atoms with Gasteiger partial charge in [0.25, 0.3) is 0 Å². The van der Waals surface area contributed by atoms with Crippen LogP contribution in [0.5, 0.6) is 0 Å². The number of amides is 2. The fraction of sp³-hybridized carbons (Fsp3) is 0.500. The molecule has 2 fully saturated rings. The maximum Gasteiger partial charge on any atom is 0.411 e. The SMILES string of the molecule is CCCN(CC(OC)OC)C(=O)CCOCCc1ccc(CCN2CC3CC(OC(=O)Nc4ccccc4-c4ccccc4)CC3C2)cc1. The third-order valence-electron chi connectivity index (χ3n) is 9.78. The predicted molar refractivity (Wildman–Crippen MR) is 192 cm³/mol. The van der Waals surface area contributed by atoms with Crippen LogP contribution in [0.2, 0.25) is 0 Å². The number of benzene rings is 3. The quantitative estimate of drug-likeness (QED) is 0.120. The van der Waals surface area contributed by atoms with Crippen molar-refractivity contribution in [1.29, 1.82) is 0 Å². The molecule has 0 spiro atoms. The van der Waals surface area contributed by atoms with Crippen LogP contribution < -0.4 is 5.32 Å². The van der Waals surface area contributed by atoms with Gasteiger partial charge in [-0.3, -0.25) is 10.1 Å². The fourth-order valence-electron chi connectivity index (χ4n) is 7.16. The van der Waals surface area contributed by atoms with Crippen LogP contribution in [0.25, 0.3) is 11.1 Å². The van der Waals surface area contributed by atoms with Gasteiger partial charge in [0.1, 0.15) is 6.10 Å². The smallest absolute Gasteiger partial charge is 0.411 e. The van der Waals surface area contributed by atoms with Gasteiger partial charge in [-0.15, -0.1) is 0 Å². The van der Waals surface area contributed by atoms with Crippen molar-refractivity contribution in [2.45, 2.75) is 57.8 Å². The van der Waals surface area contributed by atoms with Crippen LogP contribution in [-0.4, -0.2) is 94.4 Å². The molecule has 1 aliphatic heterocycles. The Bertz CT molecular complexity index is 1430. The van der Waals surface area contributed by atoms with Gasteiger partial charge in [0.15, 0.2) is 6.29 Å². The molecule has 3 aromatic carbocycles. The lowest BCUT2D eigenvalue weighted by molar-refractivity contribution is -0.146. The summed E-state index contributed by atoms with van der Waals surface area (Å²) in [7, 11) is 3.17. The van der Waals surface area contributed by atoms with Gasteiger partial charge in [-0.25, -0.2) is 4.79 Å². The van der Waals surface area contributed by atoms with Crippen LogP contribution in [0.4, 0.5) is 10.5 Å². The highest BCUT2D eigenvalue weighted by atomic mass is 16.7. The number of ether oxygens (including phenoxy) is 4. The van der Waals surface area contributed by atoms with Gasteiger partial charge >= 0.3 is 6.09 Å². The zero-order valence-electron chi connectivity index (χ0n) is 29.4. The van der Waals surface area contributed by atoms with Gasteiger partial charge in [-0.05, 0) is 66.7 Å². The summed E-state index contributed by atoms with van der Waals surface area (Å²) in [4.78, 5) is 29.9. The molecule has 0 bridgehead atoms. The second-order valence-corrected chi connectivity index (χ2v) is 13.2. The van der Waals surface area contributed by atoms with Crippen molar-refractivity contribution >= 4 is 17.7 Å². The van der Waals surface area contributed by atoms with Crippen LogP contribution in [-0.2, 0) is 36.6 Å². The third kappa shape index (κ3) is 10.9. The zero-order chi connectivity index (χ0) is 34.4. The summed E-state index contributed by atoms with van der Waals surface area (Å²) in [6.07, 6.45) is 4.11. The average molecular weight is 672 g/mol. The number of carbonyl (C=O) groups is 2. The van der Waals surface area contributed by atoms with E-state index in [2.05, 4.69) is 41.4 Å². The van der Waals surface area contributed by atoms with Gasteiger partial charge in [-0.1, -0.05) is 79.7 Å². The van der Waals surface area contributed by atoms with Crippen molar-refractivity contribution in [3.63, 3.8) is 0 Å². The molecule has 9 nitrogen and oxygen atoms in total. The number of hydrogen-bond acceptors (Lipinski definition) is 7. The number of hydrogen-bond donors (Lipinski definition) is 1. The highest BCUT2D eigenvalue weighted by Gasteiger charge is 2.42. The maximum atomic E-state index is 12.8. The van der Waals surface area contributed by atoms with E-state index in [1.807, 2.05) is 54.6 Å². The maximum absolute atomic E-state index is 12.8. The largest absolute Gasteiger partial charge is 0.446 e. The van der Waals surface area contributed by atoms with E-state index in [4.69, 9.17) is 18.9 Å². The van der Waals surface area contributed by atoms with Gasteiger partial charge in [0.2, 0.25) is 5.91 Å². The Morgan fingerprint density at radius 3 is 2.18 bits per heavy atom. The molecule has 5 rings (SSSR count). The van der Waals surface area contributed by atoms with Crippen molar-refractivity contribution in [2.75, 3.05) is 65.5 Å². The molecule has 49 heavy (non-hydrogen) atoms. The minimum atomic E-state index is -0.417. The number of anilines is 1. The highest BCUT2D eigenvalue weighted by molar-refractivity contribution is 5.91. The molecular formula is C40H53N3O6. The molecule has 0 aromatic heterocycles. The molecule has 264 valence electrons. The summed E-state index contributed by atoms with van der Waals surface area (Å²) < 4.78 is 22.2. The van der Waals surface area contributed by atoms with E-state index < -0.39 is 6.29 Å². The summed E-state index contributed by atoms with van der Waals surface area (Å²) >= 11 is 0. The van der Waals surface area contributed by atoms with Gasteiger partial charge in [0, 0.05) is 46.0 Å². The van der Waals surface area contributed by atoms with Crippen LogP contribution in [0.15, 0.2) is 78.9 Å². The van der Waals surface area contributed by atoms with Crippen LogP contribution in [0.1, 0.15) is 43.7 Å². The van der Waals surface area contributed by atoms with Gasteiger partial charge in [-0.2, -0.15) is 0 Å². The molecule has 1 saturated heterocycles.